The van der Waals surface area contributed by atoms with Gasteiger partial charge in [-0.2, -0.15) is 0 Å². The zero-order chi connectivity index (χ0) is 15.2. The summed E-state index contributed by atoms with van der Waals surface area (Å²) in [5.74, 6) is 0. The predicted octanol–water partition coefficient (Wildman–Crippen LogP) is 3.85. The van der Waals surface area contributed by atoms with Crippen molar-refractivity contribution in [3.63, 3.8) is 0 Å². The Hall–Kier alpha value is -0.860. The first-order valence-corrected chi connectivity index (χ1v) is 7.87. The first-order chi connectivity index (χ1) is 9.35. The van der Waals surface area contributed by atoms with Crippen LogP contribution in [0.25, 0.3) is 0 Å². The van der Waals surface area contributed by atoms with Gasteiger partial charge >= 0.3 is 0 Å². The third-order valence-corrected chi connectivity index (χ3v) is 4.31. The van der Waals surface area contributed by atoms with Crippen molar-refractivity contribution in [2.75, 3.05) is 13.6 Å². The van der Waals surface area contributed by atoms with Crippen molar-refractivity contribution in [2.45, 2.75) is 65.6 Å². The van der Waals surface area contributed by atoms with Crippen LogP contribution in [0.4, 0.5) is 0 Å². The lowest BCUT2D eigenvalue weighted by Gasteiger charge is -2.34. The molecule has 20 heavy (non-hydrogen) atoms. The largest absolute Gasteiger partial charge is 0.314 e. The van der Waals surface area contributed by atoms with Crippen LogP contribution in [0.3, 0.4) is 0 Å². The first-order valence-electron chi connectivity index (χ1n) is 7.87. The van der Waals surface area contributed by atoms with Crippen molar-refractivity contribution in [3.05, 3.63) is 35.4 Å². The summed E-state index contributed by atoms with van der Waals surface area (Å²) in [5, 5.41) is 3.46. The zero-order valence-corrected chi connectivity index (χ0v) is 14.2. The second kappa shape index (κ2) is 7.80. The van der Waals surface area contributed by atoms with E-state index in [-0.39, 0.29) is 5.54 Å². The van der Waals surface area contributed by atoms with Gasteiger partial charge in [0.15, 0.2) is 0 Å². The van der Waals surface area contributed by atoms with Gasteiger partial charge in [-0.15, -0.1) is 0 Å². The lowest BCUT2D eigenvalue weighted by Crippen LogP contribution is -2.39. The van der Waals surface area contributed by atoms with Gasteiger partial charge < -0.3 is 5.32 Å². The summed E-state index contributed by atoms with van der Waals surface area (Å²) < 4.78 is 0. The standard InChI is InChI=1S/C18H32N2/c1-7-18(4,5)20(6)14-17-10-8-16(9-11-17)12-13-19-15(2)3/h8-11,15,19H,7,12-14H2,1-6H3. The number of benzene rings is 1. The highest BCUT2D eigenvalue weighted by molar-refractivity contribution is 5.23. The zero-order valence-electron chi connectivity index (χ0n) is 14.2. The minimum Gasteiger partial charge on any atom is -0.314 e. The monoisotopic (exact) mass is 276 g/mol. The van der Waals surface area contributed by atoms with Crippen LogP contribution in [-0.4, -0.2) is 30.1 Å². The molecule has 0 unspecified atom stereocenters. The smallest absolute Gasteiger partial charge is 0.0235 e. The van der Waals surface area contributed by atoms with Crippen molar-refractivity contribution >= 4 is 0 Å². The second-order valence-corrected chi connectivity index (χ2v) is 6.70. The van der Waals surface area contributed by atoms with E-state index in [1.165, 1.54) is 17.5 Å². The van der Waals surface area contributed by atoms with E-state index < -0.39 is 0 Å². The van der Waals surface area contributed by atoms with Crippen molar-refractivity contribution in [3.8, 4) is 0 Å². The number of nitrogens with one attached hydrogen (secondary N) is 1. The van der Waals surface area contributed by atoms with Gasteiger partial charge in [0.05, 0.1) is 0 Å². The van der Waals surface area contributed by atoms with Crippen LogP contribution in [0.5, 0.6) is 0 Å². The van der Waals surface area contributed by atoms with Crippen molar-refractivity contribution in [1.82, 2.24) is 10.2 Å². The third-order valence-electron chi connectivity index (χ3n) is 4.31. The van der Waals surface area contributed by atoms with Crippen LogP contribution in [0.15, 0.2) is 24.3 Å². The molecule has 0 saturated carbocycles. The molecule has 2 nitrogen and oxygen atoms in total. The second-order valence-electron chi connectivity index (χ2n) is 6.70. The highest BCUT2D eigenvalue weighted by atomic mass is 15.2. The molecule has 0 aliphatic heterocycles. The maximum atomic E-state index is 3.46. The molecule has 114 valence electrons. The summed E-state index contributed by atoms with van der Waals surface area (Å²) in [6.07, 6.45) is 2.28. The van der Waals surface area contributed by atoms with Crippen LogP contribution in [-0.2, 0) is 13.0 Å². The summed E-state index contributed by atoms with van der Waals surface area (Å²) in [6.45, 7) is 13.3. The van der Waals surface area contributed by atoms with E-state index >= 15 is 0 Å². The highest BCUT2D eigenvalue weighted by Gasteiger charge is 2.20. The fourth-order valence-corrected chi connectivity index (χ4v) is 2.07. The molecule has 2 heteroatoms. The Morgan fingerprint density at radius 2 is 1.65 bits per heavy atom. The van der Waals surface area contributed by atoms with Crippen molar-refractivity contribution < 1.29 is 0 Å². The molecular weight excluding hydrogens is 244 g/mol. The topological polar surface area (TPSA) is 15.3 Å². The maximum absolute atomic E-state index is 3.46. The molecule has 1 aromatic rings. The van der Waals surface area contributed by atoms with Gasteiger partial charge in [-0.3, -0.25) is 4.90 Å². The SMILES string of the molecule is CCC(C)(C)N(C)Cc1ccc(CCNC(C)C)cc1. The van der Waals surface area contributed by atoms with Gasteiger partial charge in [-0.25, -0.2) is 0 Å². The number of hydrogen-bond donors (Lipinski definition) is 1. The van der Waals surface area contributed by atoms with E-state index in [9.17, 15) is 0 Å². The Morgan fingerprint density at radius 1 is 1.10 bits per heavy atom. The molecule has 0 aliphatic rings. The predicted molar refractivity (Wildman–Crippen MR) is 89.1 cm³/mol. The van der Waals surface area contributed by atoms with Gasteiger partial charge in [-0.05, 0) is 51.4 Å². The van der Waals surface area contributed by atoms with Crippen molar-refractivity contribution in [1.29, 1.82) is 0 Å². The summed E-state index contributed by atoms with van der Waals surface area (Å²) >= 11 is 0. The summed E-state index contributed by atoms with van der Waals surface area (Å²) in [5.41, 5.74) is 3.08. The Morgan fingerprint density at radius 3 is 2.15 bits per heavy atom. The molecule has 0 aliphatic carbocycles. The quantitative estimate of drug-likeness (QED) is 0.776. The molecule has 0 heterocycles. The Labute approximate surface area is 125 Å². The third kappa shape index (κ3) is 5.64. The van der Waals surface area contributed by atoms with E-state index in [2.05, 4.69) is 76.1 Å². The molecule has 0 atom stereocenters. The number of rotatable bonds is 8. The van der Waals surface area contributed by atoms with Gasteiger partial charge in [0.25, 0.3) is 0 Å². The molecule has 0 spiro atoms. The van der Waals surface area contributed by atoms with Gasteiger partial charge in [-0.1, -0.05) is 45.0 Å². The van der Waals surface area contributed by atoms with Gasteiger partial charge in [0.2, 0.25) is 0 Å². The van der Waals surface area contributed by atoms with Gasteiger partial charge in [0.1, 0.15) is 0 Å². The Bertz CT molecular complexity index is 379. The summed E-state index contributed by atoms with van der Waals surface area (Å²) in [7, 11) is 2.21. The van der Waals surface area contributed by atoms with Crippen LogP contribution in [0, 0.1) is 0 Å². The van der Waals surface area contributed by atoms with Crippen LogP contribution in [0.1, 0.15) is 52.2 Å². The van der Waals surface area contributed by atoms with E-state index in [1.807, 2.05) is 0 Å². The normalized spacial score (nSPS) is 12.4. The van der Waals surface area contributed by atoms with E-state index in [0.717, 1.165) is 19.5 Å². The highest BCUT2D eigenvalue weighted by Crippen LogP contribution is 2.19. The fraction of sp³-hybridized carbons (Fsp3) is 0.667. The number of nitrogens with zero attached hydrogens (tertiary/aromatic N) is 1. The molecular formula is C18H32N2. The Balaban J connectivity index is 2.50. The maximum Gasteiger partial charge on any atom is 0.0235 e. The molecule has 1 N–H and O–H groups in total. The van der Waals surface area contributed by atoms with Crippen LogP contribution >= 0.6 is 0 Å². The molecule has 0 radical (unpaired) electrons. The van der Waals surface area contributed by atoms with E-state index in [4.69, 9.17) is 0 Å². The minimum absolute atomic E-state index is 0.264. The van der Waals surface area contributed by atoms with E-state index in [1.54, 1.807) is 0 Å². The molecule has 0 saturated heterocycles. The molecule has 0 amide bonds. The first kappa shape index (κ1) is 17.2. The molecule has 0 fully saturated rings. The molecule has 0 aromatic heterocycles. The van der Waals surface area contributed by atoms with Crippen molar-refractivity contribution in [2.24, 2.45) is 0 Å². The summed E-state index contributed by atoms with van der Waals surface area (Å²) in [4.78, 5) is 2.43. The molecule has 1 rings (SSSR count). The lowest BCUT2D eigenvalue weighted by molar-refractivity contribution is 0.143. The summed E-state index contributed by atoms with van der Waals surface area (Å²) in [6, 6.07) is 9.65. The number of hydrogen-bond acceptors (Lipinski definition) is 2. The average Bonchev–Trinajstić information content (AvgIpc) is 2.40. The molecule has 0 bridgehead atoms. The minimum atomic E-state index is 0.264. The Kier molecular flexibility index (Phi) is 6.70. The lowest BCUT2D eigenvalue weighted by atomic mass is 9.99. The van der Waals surface area contributed by atoms with Crippen LogP contribution < -0.4 is 5.32 Å². The average molecular weight is 276 g/mol. The fourth-order valence-electron chi connectivity index (χ4n) is 2.07. The van der Waals surface area contributed by atoms with E-state index in [0.29, 0.717) is 6.04 Å². The van der Waals surface area contributed by atoms with Gasteiger partial charge in [0, 0.05) is 18.1 Å². The van der Waals surface area contributed by atoms with Crippen LogP contribution in [0.2, 0.25) is 0 Å². The molecule has 1 aromatic carbocycles.